The number of nitro groups is 1. The number of anilines is 1. The first kappa shape index (κ1) is 15.2. The van der Waals surface area contributed by atoms with E-state index in [9.17, 15) is 18.9 Å². The molecular weight excluding hydrogens is 302 g/mol. The predicted octanol–water partition coefficient (Wildman–Crippen LogP) is 4.70. The highest BCUT2D eigenvalue weighted by atomic mass is 35.5. The van der Waals surface area contributed by atoms with Gasteiger partial charge < -0.3 is 5.32 Å². The van der Waals surface area contributed by atoms with Crippen molar-refractivity contribution < 1.29 is 13.7 Å². The van der Waals surface area contributed by atoms with Crippen LogP contribution in [0.4, 0.5) is 20.2 Å². The Morgan fingerprint density at radius 3 is 2.52 bits per heavy atom. The number of nitrogens with zero attached hydrogens (tertiary/aromatic N) is 1. The van der Waals surface area contributed by atoms with E-state index in [1.165, 1.54) is 24.3 Å². The van der Waals surface area contributed by atoms with Crippen molar-refractivity contribution in [3.63, 3.8) is 0 Å². The average molecular weight is 313 g/mol. The molecular formula is C14H11ClF2N2O2. The Kier molecular flexibility index (Phi) is 4.37. The fourth-order valence-electron chi connectivity index (χ4n) is 1.90. The van der Waals surface area contributed by atoms with Crippen molar-refractivity contribution in [2.24, 2.45) is 0 Å². The topological polar surface area (TPSA) is 55.2 Å². The maximum absolute atomic E-state index is 13.7. The lowest BCUT2D eigenvalue weighted by Crippen LogP contribution is -2.09. The zero-order chi connectivity index (χ0) is 15.6. The van der Waals surface area contributed by atoms with Gasteiger partial charge in [-0.2, -0.15) is 0 Å². The summed E-state index contributed by atoms with van der Waals surface area (Å²) < 4.78 is 26.5. The number of nitro benzene ring substituents is 1. The van der Waals surface area contributed by atoms with Gasteiger partial charge in [-0.05, 0) is 19.1 Å². The smallest absolute Gasteiger partial charge is 0.271 e. The number of non-ortho nitro benzene ring substituents is 1. The number of rotatable bonds is 4. The summed E-state index contributed by atoms with van der Waals surface area (Å²) in [6.45, 7) is 1.67. The van der Waals surface area contributed by atoms with Crippen LogP contribution in [0.5, 0.6) is 0 Å². The van der Waals surface area contributed by atoms with E-state index in [-0.39, 0.29) is 16.3 Å². The molecule has 0 radical (unpaired) electrons. The van der Waals surface area contributed by atoms with Crippen LogP contribution in [-0.2, 0) is 0 Å². The molecule has 0 saturated heterocycles. The largest absolute Gasteiger partial charge is 0.377 e. The van der Waals surface area contributed by atoms with Crippen molar-refractivity contribution in [3.05, 3.63) is 68.7 Å². The van der Waals surface area contributed by atoms with Crippen molar-refractivity contribution in [1.82, 2.24) is 0 Å². The minimum absolute atomic E-state index is 0.133. The number of benzene rings is 2. The van der Waals surface area contributed by atoms with Gasteiger partial charge in [-0.25, -0.2) is 8.78 Å². The van der Waals surface area contributed by atoms with Crippen LogP contribution >= 0.6 is 11.6 Å². The van der Waals surface area contributed by atoms with Crippen LogP contribution in [0.25, 0.3) is 0 Å². The summed E-state index contributed by atoms with van der Waals surface area (Å²) in [6.07, 6.45) is 0. The van der Waals surface area contributed by atoms with Crippen LogP contribution in [0.2, 0.25) is 5.02 Å². The normalized spacial score (nSPS) is 12.0. The molecule has 0 aromatic heterocycles. The summed E-state index contributed by atoms with van der Waals surface area (Å²) in [7, 11) is 0. The molecule has 0 saturated carbocycles. The lowest BCUT2D eigenvalue weighted by atomic mass is 10.1. The van der Waals surface area contributed by atoms with Crippen molar-refractivity contribution >= 4 is 23.0 Å². The molecule has 1 atom stereocenters. The summed E-state index contributed by atoms with van der Waals surface area (Å²) in [5, 5.41) is 13.7. The van der Waals surface area contributed by atoms with Gasteiger partial charge in [-0.3, -0.25) is 10.1 Å². The molecule has 0 heterocycles. The molecule has 0 fully saturated rings. The molecule has 0 spiro atoms. The summed E-state index contributed by atoms with van der Waals surface area (Å²) in [4.78, 5) is 10.1. The molecule has 0 unspecified atom stereocenters. The zero-order valence-electron chi connectivity index (χ0n) is 10.9. The van der Waals surface area contributed by atoms with Crippen molar-refractivity contribution in [1.29, 1.82) is 0 Å². The molecule has 4 nitrogen and oxygen atoms in total. The molecule has 21 heavy (non-hydrogen) atoms. The zero-order valence-corrected chi connectivity index (χ0v) is 11.7. The fourth-order valence-corrected chi connectivity index (χ4v) is 2.13. The standard InChI is InChI=1S/C14H11ClF2N2O2/c1-8(11-4-2-9(16)6-13(11)17)18-14-5-3-10(19(20)21)7-12(14)15/h2-8,18H,1H3/t8-/m1/s1. The first-order valence-corrected chi connectivity index (χ1v) is 6.41. The van der Waals surface area contributed by atoms with Crippen LogP contribution in [-0.4, -0.2) is 4.92 Å². The van der Waals surface area contributed by atoms with Crippen LogP contribution in [0.15, 0.2) is 36.4 Å². The van der Waals surface area contributed by atoms with Crippen LogP contribution in [0.3, 0.4) is 0 Å². The second-order valence-corrected chi connectivity index (χ2v) is 4.86. The van der Waals surface area contributed by atoms with E-state index in [2.05, 4.69) is 5.32 Å². The molecule has 0 bridgehead atoms. The second kappa shape index (κ2) is 6.05. The van der Waals surface area contributed by atoms with Crippen LogP contribution < -0.4 is 5.32 Å². The van der Waals surface area contributed by atoms with Crippen molar-refractivity contribution in [2.45, 2.75) is 13.0 Å². The summed E-state index contributed by atoms with van der Waals surface area (Å²) in [5.41, 5.74) is 0.565. The van der Waals surface area contributed by atoms with Crippen molar-refractivity contribution in [2.75, 3.05) is 5.32 Å². The van der Waals surface area contributed by atoms with Crippen LogP contribution in [0, 0.1) is 21.7 Å². The summed E-state index contributed by atoms with van der Waals surface area (Å²) in [6, 6.07) is 6.75. The van der Waals surface area contributed by atoms with Gasteiger partial charge in [-0.15, -0.1) is 0 Å². The Bertz CT molecular complexity index is 695. The quantitative estimate of drug-likeness (QED) is 0.657. The molecule has 2 rings (SSSR count). The van der Waals surface area contributed by atoms with Crippen LogP contribution in [0.1, 0.15) is 18.5 Å². The third-order valence-electron chi connectivity index (χ3n) is 2.96. The van der Waals surface area contributed by atoms with Gasteiger partial charge in [0.05, 0.1) is 21.7 Å². The molecule has 1 N–H and O–H groups in total. The predicted molar refractivity (Wildman–Crippen MR) is 76.5 cm³/mol. The van der Waals surface area contributed by atoms with E-state index in [1.54, 1.807) is 6.92 Å². The molecule has 2 aromatic rings. The maximum Gasteiger partial charge on any atom is 0.271 e. The Morgan fingerprint density at radius 2 is 1.95 bits per heavy atom. The summed E-state index contributed by atoms with van der Waals surface area (Å²) >= 11 is 5.95. The van der Waals surface area contributed by atoms with Gasteiger partial charge in [0, 0.05) is 23.8 Å². The van der Waals surface area contributed by atoms with E-state index < -0.39 is 22.6 Å². The van der Waals surface area contributed by atoms with Gasteiger partial charge >= 0.3 is 0 Å². The SMILES string of the molecule is C[C@@H](Nc1ccc([N+](=O)[O-])cc1Cl)c1ccc(F)cc1F. The number of hydrogen-bond donors (Lipinski definition) is 1. The fraction of sp³-hybridized carbons (Fsp3) is 0.143. The van der Waals surface area contributed by atoms with E-state index in [0.29, 0.717) is 5.69 Å². The Morgan fingerprint density at radius 1 is 1.24 bits per heavy atom. The lowest BCUT2D eigenvalue weighted by Gasteiger charge is -2.17. The number of halogens is 3. The summed E-state index contributed by atoms with van der Waals surface area (Å²) in [5.74, 6) is -1.33. The first-order chi connectivity index (χ1) is 9.88. The molecule has 0 aliphatic heterocycles. The second-order valence-electron chi connectivity index (χ2n) is 4.45. The van der Waals surface area contributed by atoms with E-state index >= 15 is 0 Å². The molecule has 0 aliphatic rings. The third kappa shape index (κ3) is 3.46. The van der Waals surface area contributed by atoms with Crippen molar-refractivity contribution in [3.8, 4) is 0 Å². The lowest BCUT2D eigenvalue weighted by molar-refractivity contribution is -0.384. The molecule has 0 amide bonds. The minimum Gasteiger partial charge on any atom is -0.377 e. The number of nitrogens with one attached hydrogen (secondary N) is 1. The van der Waals surface area contributed by atoms with Gasteiger partial charge in [0.1, 0.15) is 11.6 Å². The van der Waals surface area contributed by atoms with Gasteiger partial charge in [0.25, 0.3) is 5.69 Å². The van der Waals surface area contributed by atoms with Gasteiger partial charge in [0.2, 0.25) is 0 Å². The van der Waals surface area contributed by atoms with E-state index in [1.807, 2.05) is 0 Å². The monoisotopic (exact) mass is 312 g/mol. The van der Waals surface area contributed by atoms with E-state index in [4.69, 9.17) is 11.6 Å². The highest BCUT2D eigenvalue weighted by Gasteiger charge is 2.15. The minimum atomic E-state index is -0.673. The Hall–Kier alpha value is -2.21. The third-order valence-corrected chi connectivity index (χ3v) is 3.28. The highest BCUT2D eigenvalue weighted by molar-refractivity contribution is 6.33. The Labute approximate surface area is 124 Å². The number of hydrogen-bond acceptors (Lipinski definition) is 3. The first-order valence-electron chi connectivity index (χ1n) is 6.04. The molecule has 2 aromatic carbocycles. The molecule has 0 aliphatic carbocycles. The Balaban J connectivity index is 2.23. The molecule has 7 heteroatoms. The highest BCUT2D eigenvalue weighted by Crippen LogP contribution is 2.30. The molecule has 110 valence electrons. The average Bonchev–Trinajstić information content (AvgIpc) is 2.40. The van der Waals surface area contributed by atoms with E-state index in [0.717, 1.165) is 12.1 Å². The van der Waals surface area contributed by atoms with Gasteiger partial charge in [0.15, 0.2) is 0 Å². The maximum atomic E-state index is 13.7. The van der Waals surface area contributed by atoms with Gasteiger partial charge in [-0.1, -0.05) is 17.7 Å².